The van der Waals surface area contributed by atoms with Crippen LogP contribution in [0.3, 0.4) is 0 Å². The summed E-state index contributed by atoms with van der Waals surface area (Å²) in [6.07, 6.45) is -9.69. The topological polar surface area (TPSA) is 116 Å². The van der Waals surface area contributed by atoms with Crippen molar-refractivity contribution in [2.75, 3.05) is 12.4 Å². The Morgan fingerprint density at radius 3 is 2.71 bits per heavy atom. The van der Waals surface area contributed by atoms with Gasteiger partial charge in [0, 0.05) is 58.1 Å². The second-order valence-corrected chi connectivity index (χ2v) is 10.5. The number of benzene rings is 3. The molecule has 0 unspecified atom stereocenters. The van der Waals surface area contributed by atoms with Crippen LogP contribution in [0.5, 0.6) is 5.75 Å². The van der Waals surface area contributed by atoms with Crippen LogP contribution in [-0.2, 0) is 28.1 Å². The highest BCUT2D eigenvalue weighted by atomic mass is 32.2. The molecule has 0 saturated heterocycles. The monoisotopic (exact) mass is 590 g/mol. The van der Waals surface area contributed by atoms with Crippen LogP contribution in [0.25, 0.3) is 10.9 Å². The number of rotatable bonds is 8. The molecular weight excluding hydrogens is 542 g/mol. The van der Waals surface area contributed by atoms with E-state index in [9.17, 15) is 20.7 Å². The van der Waals surface area contributed by atoms with Gasteiger partial charge in [-0.1, -0.05) is 24.3 Å². The third-order valence-corrected chi connectivity index (χ3v) is 7.48. The number of sulfonamides is 1. The van der Waals surface area contributed by atoms with Gasteiger partial charge in [0.2, 0.25) is 0 Å². The maximum Gasteiger partial charge on any atom is 0.411 e. The molecule has 0 radical (unpaired) electrons. The number of ether oxygens (including phenoxy) is 2. The number of anilines is 1. The van der Waals surface area contributed by atoms with Crippen molar-refractivity contribution in [1.29, 1.82) is 0 Å². The van der Waals surface area contributed by atoms with E-state index in [0.717, 1.165) is 47.2 Å². The van der Waals surface area contributed by atoms with Gasteiger partial charge in [-0.15, -0.1) is 0 Å². The highest BCUT2D eigenvalue weighted by molar-refractivity contribution is 7.90. The van der Waals surface area contributed by atoms with Gasteiger partial charge in [-0.25, -0.2) is 17.9 Å². The average Bonchev–Trinajstić information content (AvgIpc) is 3.54. The lowest BCUT2D eigenvalue weighted by Crippen LogP contribution is -2.31. The Morgan fingerprint density at radius 2 is 1.93 bits per heavy atom. The molecule has 10 heteroatoms. The summed E-state index contributed by atoms with van der Waals surface area (Å²) < 4.78 is 160. The first kappa shape index (κ1) is 15.1. The minimum atomic E-state index is -4.84. The molecule has 0 atom stereocenters. The Hall–Kier alpha value is -4.31. The predicted octanol–water partition coefficient (Wildman–Crippen LogP) is 5.70. The molecule has 0 bridgehead atoms. The van der Waals surface area contributed by atoms with Gasteiger partial charge in [-0.3, -0.25) is 10.1 Å². The number of carbonyl (C=O) groups is 2. The average molecular weight is 591 g/mol. The minimum Gasteiger partial charge on any atom is -0.496 e. The third kappa shape index (κ3) is 6.22. The molecule has 1 heterocycles. The van der Waals surface area contributed by atoms with Crippen LogP contribution >= 0.6 is 0 Å². The SMILES string of the molecule is [2H]C([2H])([2H])Oc1cc(C(=O)NS(=O)(=O)c2ccccc2C([2H])([2H])[2H])ccc1C([2H])([2H])c1cn(C([2H])([2H])[2H])c2ccc(NC(=O)OC3C([2H])([2H])CCC3([2H])[2H])cc12. The molecule has 41 heavy (non-hydrogen) atoms. The molecule has 1 aliphatic rings. The molecule has 214 valence electrons. The van der Waals surface area contributed by atoms with E-state index in [2.05, 4.69) is 5.32 Å². The fourth-order valence-corrected chi connectivity index (χ4v) is 5.24. The van der Waals surface area contributed by atoms with Crippen molar-refractivity contribution in [2.45, 2.75) is 49.8 Å². The van der Waals surface area contributed by atoms with Crippen molar-refractivity contribution in [1.82, 2.24) is 9.29 Å². The first-order valence-electron chi connectivity index (χ1n) is 19.6. The van der Waals surface area contributed by atoms with Crippen LogP contribution in [0.2, 0.25) is 0 Å². The molecule has 1 aliphatic carbocycles. The lowest BCUT2D eigenvalue weighted by Gasteiger charge is -2.13. The van der Waals surface area contributed by atoms with E-state index < -0.39 is 101 Å². The number of hydrogen-bond donors (Lipinski definition) is 2. The molecule has 0 aliphatic heterocycles. The van der Waals surface area contributed by atoms with Gasteiger partial charge in [0.05, 0.1) is 16.0 Å². The van der Waals surface area contributed by atoms with Crippen molar-refractivity contribution >= 4 is 38.6 Å². The van der Waals surface area contributed by atoms with Gasteiger partial charge < -0.3 is 14.0 Å². The fourth-order valence-electron chi connectivity index (χ4n) is 4.16. The number of aromatic nitrogens is 1. The number of hydrogen-bond acceptors (Lipinski definition) is 6. The molecular formula is C31H33N3O6S. The molecule has 3 aromatic carbocycles. The van der Waals surface area contributed by atoms with E-state index in [-0.39, 0.29) is 29.4 Å². The zero-order valence-electron chi connectivity index (χ0n) is 36.1. The van der Waals surface area contributed by atoms with Gasteiger partial charge in [0.25, 0.3) is 15.9 Å². The van der Waals surface area contributed by atoms with E-state index in [1.165, 1.54) is 24.3 Å². The summed E-state index contributed by atoms with van der Waals surface area (Å²) in [6.45, 7) is -5.78. The zero-order valence-corrected chi connectivity index (χ0v) is 22.0. The van der Waals surface area contributed by atoms with Crippen LogP contribution in [0.4, 0.5) is 10.5 Å². The highest BCUT2D eigenvalue weighted by Crippen LogP contribution is 2.30. The number of aryl methyl sites for hydroxylation is 2. The molecule has 0 spiro atoms. The molecule has 4 aromatic rings. The largest absolute Gasteiger partial charge is 0.496 e. The lowest BCUT2D eigenvalue weighted by atomic mass is 10.0. The molecule has 1 saturated carbocycles. The van der Waals surface area contributed by atoms with Crippen molar-refractivity contribution in [3.8, 4) is 5.75 Å². The van der Waals surface area contributed by atoms with E-state index >= 15 is 0 Å². The van der Waals surface area contributed by atoms with E-state index in [4.69, 9.17) is 27.3 Å². The van der Waals surface area contributed by atoms with E-state index in [1.807, 2.05) is 0 Å². The van der Waals surface area contributed by atoms with Crippen molar-refractivity contribution in [2.24, 2.45) is 6.98 Å². The summed E-state index contributed by atoms with van der Waals surface area (Å²) in [4.78, 5) is 25.4. The normalized spacial score (nSPS) is 22.9. The maximum absolute atomic E-state index is 13.3. The van der Waals surface area contributed by atoms with Gasteiger partial charge in [0.1, 0.15) is 11.9 Å². The van der Waals surface area contributed by atoms with Gasteiger partial charge >= 0.3 is 6.09 Å². The van der Waals surface area contributed by atoms with E-state index in [0.29, 0.717) is 0 Å². The molecule has 1 aromatic heterocycles. The Labute approximate surface area is 260 Å². The van der Waals surface area contributed by atoms with Crippen LogP contribution in [0.1, 0.15) is 73.2 Å². The molecule has 1 fully saturated rings. The Balaban J connectivity index is 1.55. The molecule has 5 rings (SSSR count). The minimum absolute atomic E-state index is 0.0805. The summed E-state index contributed by atoms with van der Waals surface area (Å²) in [7, 11) is -8.10. The summed E-state index contributed by atoms with van der Waals surface area (Å²) in [5.41, 5.74) is -2.28. The van der Waals surface area contributed by atoms with Gasteiger partial charge in [-0.05, 0) is 85.5 Å². The number of carbonyl (C=O) groups excluding carboxylic acids is 2. The summed E-state index contributed by atoms with van der Waals surface area (Å²) >= 11 is 0. The zero-order chi connectivity index (χ0) is 42.0. The number of nitrogens with zero attached hydrogens (tertiary/aromatic N) is 1. The van der Waals surface area contributed by atoms with Crippen molar-refractivity contribution < 1.29 is 48.0 Å². The Bertz CT molecular complexity index is 2290. The first-order chi connectivity index (χ1) is 25.4. The van der Waals surface area contributed by atoms with E-state index in [1.54, 1.807) is 4.72 Å². The predicted molar refractivity (Wildman–Crippen MR) is 157 cm³/mol. The Kier molecular flexibility index (Phi) is 4.29. The molecule has 2 amide bonds. The summed E-state index contributed by atoms with van der Waals surface area (Å²) in [6, 6.07) is 10.8. The number of methoxy groups -OCH3 is 1. The standard InChI is InChI=1S/C31H33N3O6S/c1-20-8-4-7-11-29(20)41(37,38)33-30(35)22-13-12-21(28(17-22)39-3)16-23-19-34(2)27-15-14-24(18-26(23)27)32-31(36)40-25-9-5-6-10-25/h4,7-8,11-15,17-19,25H,5-6,9-10,16H2,1-3H3,(H,32,36)(H,33,35)/i1D3,2D3,3D3,9D2,10D2,16D2. The number of amides is 2. The Morgan fingerprint density at radius 1 is 1.10 bits per heavy atom. The molecule has 2 N–H and O–H groups in total. The van der Waals surface area contributed by atoms with Crippen LogP contribution < -0.4 is 14.8 Å². The molecule has 9 nitrogen and oxygen atoms in total. The third-order valence-electron chi connectivity index (χ3n) is 6.09. The smallest absolute Gasteiger partial charge is 0.411 e. The highest BCUT2D eigenvalue weighted by Gasteiger charge is 2.22. The van der Waals surface area contributed by atoms with Crippen LogP contribution in [-0.4, -0.2) is 38.1 Å². The number of fused-ring (bicyclic) bond motifs is 1. The van der Waals surface area contributed by atoms with Crippen molar-refractivity contribution in [3.63, 3.8) is 0 Å². The fraction of sp³-hybridized carbons (Fsp3) is 0.290. The summed E-state index contributed by atoms with van der Waals surface area (Å²) in [5.74, 6) is -2.15. The summed E-state index contributed by atoms with van der Waals surface area (Å²) in [5, 5.41) is 2.19. The lowest BCUT2D eigenvalue weighted by molar-refractivity contribution is 0.0980. The van der Waals surface area contributed by atoms with Crippen LogP contribution in [0.15, 0.2) is 71.8 Å². The maximum atomic E-state index is 13.3. The van der Waals surface area contributed by atoms with Gasteiger partial charge in [0.15, 0.2) is 0 Å². The first-order valence-corrected chi connectivity index (χ1v) is 13.6. The van der Waals surface area contributed by atoms with Gasteiger partial charge in [-0.2, -0.15) is 0 Å². The number of nitrogens with one attached hydrogen (secondary N) is 2. The second-order valence-electron chi connectivity index (χ2n) is 8.83. The second kappa shape index (κ2) is 11.7. The quantitative estimate of drug-likeness (QED) is 0.272. The van der Waals surface area contributed by atoms with Crippen molar-refractivity contribution in [3.05, 3.63) is 89.1 Å². The van der Waals surface area contributed by atoms with Crippen LogP contribution in [0, 0.1) is 6.85 Å².